The molecule has 172 valence electrons. The maximum atomic E-state index is 13.3. The lowest BCUT2D eigenvalue weighted by atomic mass is 10.1. The minimum absolute atomic E-state index is 0.00829. The van der Waals surface area contributed by atoms with Gasteiger partial charge in [0.15, 0.2) is 0 Å². The van der Waals surface area contributed by atoms with Crippen molar-refractivity contribution in [2.75, 3.05) is 5.75 Å². The van der Waals surface area contributed by atoms with Gasteiger partial charge in [-0.2, -0.15) is 0 Å². The molecule has 0 bridgehead atoms. The quantitative estimate of drug-likeness (QED) is 0.474. The molecule has 3 rings (SSSR count). The lowest BCUT2D eigenvalue weighted by molar-refractivity contribution is -0.141. The highest BCUT2D eigenvalue weighted by Crippen LogP contribution is 2.22. The first-order chi connectivity index (χ1) is 15.5. The molecule has 5 heteroatoms. The van der Waals surface area contributed by atoms with E-state index in [-0.39, 0.29) is 17.9 Å². The average molecular weight is 453 g/mol. The lowest BCUT2D eigenvalue weighted by Crippen LogP contribution is -2.51. The molecule has 2 amide bonds. The van der Waals surface area contributed by atoms with Crippen molar-refractivity contribution in [3.05, 3.63) is 65.2 Å². The predicted molar refractivity (Wildman–Crippen MR) is 133 cm³/mol. The number of thioether (sulfide) groups is 1. The number of hydrogen-bond acceptors (Lipinski definition) is 3. The molecule has 0 saturated heterocycles. The van der Waals surface area contributed by atoms with E-state index in [0.717, 1.165) is 18.4 Å². The summed E-state index contributed by atoms with van der Waals surface area (Å²) in [6.07, 6.45) is 5.45. The molecule has 0 radical (unpaired) electrons. The van der Waals surface area contributed by atoms with Crippen molar-refractivity contribution >= 4 is 23.6 Å². The fourth-order valence-electron chi connectivity index (χ4n) is 4.21. The standard InChI is InChI=1S/C27H36N2O2S/c1-4-25(27(31)28-23-7-5-6-8-23)29(19-22-13-9-20(2)10-14-22)26(30)17-18-32-24-15-11-21(3)12-16-24/h9-16,23,25H,4-8,17-19H2,1-3H3,(H,28,31)/t25-/m1/s1. The summed E-state index contributed by atoms with van der Waals surface area (Å²) in [5.41, 5.74) is 3.48. The normalized spacial score (nSPS) is 14.8. The molecular formula is C27H36N2O2S. The van der Waals surface area contributed by atoms with Crippen molar-refractivity contribution in [1.82, 2.24) is 10.2 Å². The Morgan fingerprint density at radius 3 is 2.19 bits per heavy atom. The third-order valence-electron chi connectivity index (χ3n) is 6.17. The minimum atomic E-state index is -0.436. The predicted octanol–water partition coefficient (Wildman–Crippen LogP) is 5.65. The van der Waals surface area contributed by atoms with E-state index in [2.05, 4.69) is 67.7 Å². The van der Waals surface area contributed by atoms with Crippen molar-refractivity contribution in [2.24, 2.45) is 0 Å². The van der Waals surface area contributed by atoms with Crippen LogP contribution in [0.1, 0.15) is 62.1 Å². The van der Waals surface area contributed by atoms with Gasteiger partial charge >= 0.3 is 0 Å². The molecule has 1 atom stereocenters. The van der Waals surface area contributed by atoms with Crippen LogP contribution in [0, 0.1) is 13.8 Å². The summed E-state index contributed by atoms with van der Waals surface area (Å²) in [4.78, 5) is 29.4. The van der Waals surface area contributed by atoms with Crippen molar-refractivity contribution in [3.8, 4) is 0 Å². The molecule has 0 spiro atoms. The van der Waals surface area contributed by atoms with E-state index in [4.69, 9.17) is 0 Å². The second kappa shape index (κ2) is 12.1. The first-order valence-electron chi connectivity index (χ1n) is 11.8. The van der Waals surface area contributed by atoms with E-state index in [0.29, 0.717) is 25.1 Å². The second-order valence-corrected chi connectivity index (χ2v) is 10.0. The van der Waals surface area contributed by atoms with E-state index >= 15 is 0 Å². The SMILES string of the molecule is CC[C@H](C(=O)NC1CCCC1)N(Cc1ccc(C)cc1)C(=O)CCSc1ccc(C)cc1. The number of rotatable bonds is 10. The smallest absolute Gasteiger partial charge is 0.243 e. The Bertz CT molecular complexity index is 874. The van der Waals surface area contributed by atoms with Gasteiger partial charge in [-0.3, -0.25) is 9.59 Å². The van der Waals surface area contributed by atoms with Crippen LogP contribution in [0.25, 0.3) is 0 Å². The van der Waals surface area contributed by atoms with Gasteiger partial charge < -0.3 is 10.2 Å². The molecule has 1 aliphatic carbocycles. The third kappa shape index (κ3) is 7.13. The molecule has 1 saturated carbocycles. The van der Waals surface area contributed by atoms with Gasteiger partial charge in [-0.15, -0.1) is 11.8 Å². The highest BCUT2D eigenvalue weighted by atomic mass is 32.2. The van der Waals surface area contributed by atoms with E-state index in [1.165, 1.54) is 28.9 Å². The molecule has 1 aliphatic rings. The van der Waals surface area contributed by atoms with Crippen LogP contribution < -0.4 is 5.32 Å². The Balaban J connectivity index is 1.68. The first-order valence-corrected chi connectivity index (χ1v) is 12.8. The maximum Gasteiger partial charge on any atom is 0.243 e. The van der Waals surface area contributed by atoms with E-state index < -0.39 is 6.04 Å². The fraction of sp³-hybridized carbons (Fsp3) is 0.481. The Morgan fingerprint density at radius 1 is 1.00 bits per heavy atom. The number of amides is 2. The van der Waals surface area contributed by atoms with Gasteiger partial charge in [-0.1, -0.05) is 67.3 Å². The number of carbonyl (C=O) groups is 2. The fourth-order valence-corrected chi connectivity index (χ4v) is 5.05. The van der Waals surface area contributed by atoms with Gasteiger partial charge in [-0.05, 0) is 50.8 Å². The van der Waals surface area contributed by atoms with E-state index in [9.17, 15) is 9.59 Å². The highest BCUT2D eigenvalue weighted by Gasteiger charge is 2.30. The van der Waals surface area contributed by atoms with Gasteiger partial charge in [0.2, 0.25) is 11.8 Å². The molecular weight excluding hydrogens is 416 g/mol. The van der Waals surface area contributed by atoms with Crippen LogP contribution in [0.2, 0.25) is 0 Å². The molecule has 0 aliphatic heterocycles. The summed E-state index contributed by atoms with van der Waals surface area (Å²) >= 11 is 1.69. The molecule has 4 nitrogen and oxygen atoms in total. The molecule has 2 aromatic rings. The number of nitrogens with zero attached hydrogens (tertiary/aromatic N) is 1. The molecule has 1 N–H and O–H groups in total. The molecule has 0 aromatic heterocycles. The molecule has 1 fully saturated rings. The zero-order chi connectivity index (χ0) is 22.9. The second-order valence-electron chi connectivity index (χ2n) is 8.83. The van der Waals surface area contributed by atoms with Gasteiger partial charge in [0.1, 0.15) is 6.04 Å². The van der Waals surface area contributed by atoms with Crippen LogP contribution in [0.4, 0.5) is 0 Å². The first kappa shape index (κ1) is 24.4. The zero-order valence-electron chi connectivity index (χ0n) is 19.6. The summed E-state index contributed by atoms with van der Waals surface area (Å²) in [6.45, 7) is 6.58. The van der Waals surface area contributed by atoms with Crippen molar-refractivity contribution in [3.63, 3.8) is 0 Å². The molecule has 2 aromatic carbocycles. The van der Waals surface area contributed by atoms with Crippen LogP contribution in [0.3, 0.4) is 0 Å². The average Bonchev–Trinajstić information content (AvgIpc) is 3.29. The highest BCUT2D eigenvalue weighted by molar-refractivity contribution is 7.99. The summed E-state index contributed by atoms with van der Waals surface area (Å²) in [5, 5.41) is 3.21. The Labute approximate surface area is 197 Å². The number of aryl methyl sites for hydroxylation is 2. The van der Waals surface area contributed by atoms with Crippen LogP contribution in [0.15, 0.2) is 53.4 Å². The van der Waals surface area contributed by atoms with Crippen LogP contribution in [-0.2, 0) is 16.1 Å². The Hall–Kier alpha value is -2.27. The van der Waals surface area contributed by atoms with Gasteiger partial charge in [0.25, 0.3) is 0 Å². The minimum Gasteiger partial charge on any atom is -0.352 e. The van der Waals surface area contributed by atoms with Crippen LogP contribution in [0.5, 0.6) is 0 Å². The van der Waals surface area contributed by atoms with E-state index in [1.54, 1.807) is 16.7 Å². The van der Waals surface area contributed by atoms with Crippen LogP contribution in [-0.4, -0.2) is 34.6 Å². The molecule has 0 unspecified atom stereocenters. The monoisotopic (exact) mass is 452 g/mol. The number of hydrogen-bond donors (Lipinski definition) is 1. The lowest BCUT2D eigenvalue weighted by Gasteiger charge is -2.31. The Kier molecular flexibility index (Phi) is 9.22. The van der Waals surface area contributed by atoms with Crippen molar-refractivity contribution < 1.29 is 9.59 Å². The summed E-state index contributed by atoms with van der Waals surface area (Å²) in [7, 11) is 0. The number of nitrogens with one attached hydrogen (secondary N) is 1. The largest absolute Gasteiger partial charge is 0.352 e. The zero-order valence-corrected chi connectivity index (χ0v) is 20.4. The topological polar surface area (TPSA) is 49.4 Å². The summed E-state index contributed by atoms with van der Waals surface area (Å²) < 4.78 is 0. The maximum absolute atomic E-state index is 13.3. The van der Waals surface area contributed by atoms with Gasteiger partial charge in [0.05, 0.1) is 0 Å². The van der Waals surface area contributed by atoms with Crippen molar-refractivity contribution in [2.45, 2.75) is 82.8 Å². The van der Waals surface area contributed by atoms with Gasteiger partial charge in [-0.25, -0.2) is 0 Å². The number of carbonyl (C=O) groups excluding carboxylic acids is 2. The summed E-state index contributed by atoms with van der Waals surface area (Å²) in [5.74, 6) is 0.733. The van der Waals surface area contributed by atoms with Gasteiger partial charge in [0, 0.05) is 29.7 Å². The van der Waals surface area contributed by atoms with Crippen LogP contribution >= 0.6 is 11.8 Å². The summed E-state index contributed by atoms with van der Waals surface area (Å²) in [6, 6.07) is 16.4. The Morgan fingerprint density at radius 2 is 1.59 bits per heavy atom. The third-order valence-corrected chi connectivity index (χ3v) is 7.18. The molecule has 32 heavy (non-hydrogen) atoms. The van der Waals surface area contributed by atoms with E-state index in [1.807, 2.05) is 6.92 Å². The number of benzene rings is 2. The molecule has 0 heterocycles. The van der Waals surface area contributed by atoms with Crippen molar-refractivity contribution in [1.29, 1.82) is 0 Å².